The molecular formula is C6H6NOV-. The summed E-state index contributed by atoms with van der Waals surface area (Å²) in [4.78, 5) is 0. The zero-order valence-electron chi connectivity index (χ0n) is 4.74. The van der Waals surface area contributed by atoms with Crippen LogP contribution in [-0.2, 0) is 21.0 Å². The molecule has 0 saturated heterocycles. The third kappa shape index (κ3) is 3.94. The Hall–Kier alpha value is -0.596. The van der Waals surface area contributed by atoms with Crippen molar-refractivity contribution in [2.24, 2.45) is 0 Å². The van der Waals surface area contributed by atoms with E-state index in [9.17, 15) is 0 Å². The van der Waals surface area contributed by atoms with Gasteiger partial charge in [0.15, 0.2) is 0 Å². The molecule has 0 saturated carbocycles. The summed E-state index contributed by atoms with van der Waals surface area (Å²) in [5.74, 6) is 0. The summed E-state index contributed by atoms with van der Waals surface area (Å²) in [6.45, 7) is 0. The van der Waals surface area contributed by atoms with E-state index in [1.54, 1.807) is 12.1 Å². The minimum absolute atomic E-state index is 0.572. The van der Waals surface area contributed by atoms with Crippen molar-refractivity contribution in [1.82, 2.24) is 0 Å². The standard InChI is InChI=1S/C6H6N.O.V/c7-6-4-2-1-3-5-6;;/h1-5,7H;;/q-1;;. The molecule has 0 bridgehead atoms. The van der Waals surface area contributed by atoms with Crippen molar-refractivity contribution in [2.45, 2.75) is 0 Å². The molecule has 3 heteroatoms. The van der Waals surface area contributed by atoms with Crippen molar-refractivity contribution in [2.75, 3.05) is 0 Å². The molecule has 0 aliphatic carbocycles. The van der Waals surface area contributed by atoms with Gasteiger partial charge < -0.3 is 5.73 Å². The Balaban J connectivity index is 0.000000291. The molecule has 1 rings (SSSR count). The van der Waals surface area contributed by atoms with Crippen LogP contribution in [0.3, 0.4) is 0 Å². The minimum atomic E-state index is 0.572. The molecule has 2 nitrogen and oxygen atoms in total. The Kier molecular flexibility index (Phi) is 5.17. The Bertz CT molecular complexity index is 154. The van der Waals surface area contributed by atoms with Crippen molar-refractivity contribution in [1.29, 1.82) is 0 Å². The summed E-state index contributed by atoms with van der Waals surface area (Å²) in [5.41, 5.74) is 7.57. The van der Waals surface area contributed by atoms with Crippen molar-refractivity contribution < 1.29 is 21.0 Å². The van der Waals surface area contributed by atoms with Crippen molar-refractivity contribution >= 4 is 5.69 Å². The Morgan fingerprint density at radius 1 is 1.11 bits per heavy atom. The molecule has 0 heterocycles. The fraction of sp³-hybridized carbons (Fsp3) is 0. The van der Waals surface area contributed by atoms with Crippen LogP contribution < -0.4 is 0 Å². The second kappa shape index (κ2) is 5.54. The first-order chi connectivity index (χ1) is 4.39. The Labute approximate surface area is 63.3 Å². The fourth-order valence-corrected chi connectivity index (χ4v) is 0.438. The number of hydrogen-bond donors (Lipinski definition) is 0. The second-order valence-electron chi connectivity index (χ2n) is 1.37. The molecule has 0 aliphatic heterocycles. The third-order valence-corrected chi connectivity index (χ3v) is 0.774. The van der Waals surface area contributed by atoms with Crippen LogP contribution in [0.5, 0.6) is 0 Å². The van der Waals surface area contributed by atoms with Gasteiger partial charge in [0.05, 0.1) is 0 Å². The molecule has 0 aliphatic rings. The average molecular weight is 159 g/mol. The van der Waals surface area contributed by atoms with Crippen molar-refractivity contribution in [3.8, 4) is 0 Å². The van der Waals surface area contributed by atoms with Gasteiger partial charge >= 0.3 is 21.0 Å². The van der Waals surface area contributed by atoms with Gasteiger partial charge in [-0.15, -0.1) is 5.69 Å². The summed E-state index contributed by atoms with van der Waals surface area (Å²) < 4.78 is 8.19. The second-order valence-corrected chi connectivity index (χ2v) is 1.37. The maximum atomic E-state index is 8.19. The van der Waals surface area contributed by atoms with E-state index in [2.05, 4.69) is 0 Å². The van der Waals surface area contributed by atoms with Crippen LogP contribution in [0.2, 0.25) is 0 Å². The van der Waals surface area contributed by atoms with Crippen LogP contribution in [0.15, 0.2) is 30.3 Å². The summed E-state index contributed by atoms with van der Waals surface area (Å²) in [7, 11) is 0. The molecular weight excluding hydrogens is 153 g/mol. The van der Waals surface area contributed by atoms with Crippen molar-refractivity contribution in [3.05, 3.63) is 36.1 Å². The van der Waals surface area contributed by atoms with Crippen LogP contribution in [-0.4, -0.2) is 0 Å². The molecule has 1 N–H and O–H groups in total. The molecule has 0 aromatic heterocycles. The molecule has 0 amide bonds. The summed E-state index contributed by atoms with van der Waals surface area (Å²) in [6.07, 6.45) is 0. The van der Waals surface area contributed by atoms with E-state index in [-0.39, 0.29) is 0 Å². The Morgan fingerprint density at radius 2 is 1.56 bits per heavy atom. The van der Waals surface area contributed by atoms with Gasteiger partial charge in [-0.1, -0.05) is 30.3 Å². The number of hydrogen-bond acceptors (Lipinski definition) is 1. The van der Waals surface area contributed by atoms with E-state index in [0.717, 1.165) is 17.4 Å². The zero-order chi connectivity index (χ0) is 7.11. The number of benzene rings is 1. The molecule has 0 fully saturated rings. The van der Waals surface area contributed by atoms with E-state index in [0.29, 0.717) is 5.69 Å². The first-order valence-electron chi connectivity index (χ1n) is 2.34. The maximum absolute atomic E-state index is 8.19. The predicted octanol–water partition coefficient (Wildman–Crippen LogP) is 2.25. The topological polar surface area (TPSA) is 40.9 Å². The normalized spacial score (nSPS) is 7.00. The molecule has 0 atom stereocenters. The zero-order valence-corrected chi connectivity index (χ0v) is 6.14. The molecule has 1 aromatic rings. The van der Waals surface area contributed by atoms with Crippen LogP contribution in [0.25, 0.3) is 5.73 Å². The van der Waals surface area contributed by atoms with Gasteiger partial charge in [0.1, 0.15) is 0 Å². The molecule has 0 unspecified atom stereocenters. The van der Waals surface area contributed by atoms with Crippen LogP contribution in [0.1, 0.15) is 0 Å². The predicted molar refractivity (Wildman–Crippen MR) is 31.1 cm³/mol. The van der Waals surface area contributed by atoms with Crippen LogP contribution in [0.4, 0.5) is 5.69 Å². The first kappa shape index (κ1) is 8.40. The van der Waals surface area contributed by atoms with E-state index < -0.39 is 0 Å². The van der Waals surface area contributed by atoms with E-state index in [1.165, 1.54) is 0 Å². The molecule has 0 radical (unpaired) electrons. The Morgan fingerprint density at radius 3 is 1.78 bits per heavy atom. The SMILES string of the molecule is [NH-]c1ccccc1.[O]=[V]. The summed E-state index contributed by atoms with van der Waals surface area (Å²) in [6, 6.07) is 9.10. The van der Waals surface area contributed by atoms with Gasteiger partial charge in [-0.05, 0) is 0 Å². The van der Waals surface area contributed by atoms with Gasteiger partial charge in [-0.2, -0.15) is 0 Å². The average Bonchev–Trinajstić information content (AvgIpc) is 1.94. The van der Waals surface area contributed by atoms with Gasteiger partial charge in [-0.3, -0.25) is 0 Å². The van der Waals surface area contributed by atoms with E-state index >= 15 is 0 Å². The van der Waals surface area contributed by atoms with Gasteiger partial charge in [0.2, 0.25) is 0 Å². The van der Waals surface area contributed by atoms with E-state index in [4.69, 9.17) is 9.41 Å². The van der Waals surface area contributed by atoms with Gasteiger partial charge in [-0.25, -0.2) is 0 Å². The summed E-state index contributed by atoms with van der Waals surface area (Å²) >= 11 is 1.06. The fourth-order valence-electron chi connectivity index (χ4n) is 0.438. The number of nitrogens with one attached hydrogen (secondary N) is 1. The molecule has 47 valence electrons. The van der Waals surface area contributed by atoms with E-state index in [1.807, 2.05) is 18.2 Å². The van der Waals surface area contributed by atoms with Gasteiger partial charge in [0, 0.05) is 0 Å². The van der Waals surface area contributed by atoms with Crippen molar-refractivity contribution in [3.63, 3.8) is 0 Å². The third-order valence-electron chi connectivity index (χ3n) is 0.774. The quantitative estimate of drug-likeness (QED) is 0.572. The molecule has 9 heavy (non-hydrogen) atoms. The van der Waals surface area contributed by atoms with Gasteiger partial charge in [0.25, 0.3) is 0 Å². The monoisotopic (exact) mass is 159 g/mol. The summed E-state index contributed by atoms with van der Waals surface area (Å²) in [5, 5.41) is 0. The number of rotatable bonds is 0. The first-order valence-corrected chi connectivity index (χ1v) is 2.91. The molecule has 0 spiro atoms. The molecule has 1 aromatic carbocycles. The van der Waals surface area contributed by atoms with Crippen LogP contribution in [0, 0.1) is 0 Å². The van der Waals surface area contributed by atoms with Crippen LogP contribution >= 0.6 is 0 Å².